The summed E-state index contributed by atoms with van der Waals surface area (Å²) in [5.74, 6) is 0.197. The highest BCUT2D eigenvalue weighted by atomic mass is 79.9. The molecule has 9 heteroatoms. The summed E-state index contributed by atoms with van der Waals surface area (Å²) in [5.41, 5.74) is 0. The Kier molecular flexibility index (Phi) is 5.69. The van der Waals surface area contributed by atoms with E-state index >= 15 is 0 Å². The van der Waals surface area contributed by atoms with E-state index in [1.165, 1.54) is 4.31 Å². The van der Waals surface area contributed by atoms with Gasteiger partial charge in [0.05, 0.1) is 11.4 Å². The molecule has 26 heavy (non-hydrogen) atoms. The van der Waals surface area contributed by atoms with Crippen molar-refractivity contribution in [3.05, 3.63) is 28.7 Å². The first kappa shape index (κ1) is 19.3. The van der Waals surface area contributed by atoms with Gasteiger partial charge in [-0.1, -0.05) is 22.9 Å². The van der Waals surface area contributed by atoms with Crippen LogP contribution in [-0.2, 0) is 19.6 Å². The second-order valence-electron chi connectivity index (χ2n) is 6.78. The van der Waals surface area contributed by atoms with Gasteiger partial charge in [0.2, 0.25) is 21.8 Å². The van der Waals surface area contributed by atoms with Crippen molar-refractivity contribution in [1.82, 2.24) is 14.5 Å². The van der Waals surface area contributed by atoms with Crippen molar-refractivity contribution in [3.8, 4) is 0 Å². The fourth-order valence-electron chi connectivity index (χ4n) is 3.03. The largest absolute Gasteiger partial charge is 0.347 e. The predicted octanol–water partition coefficient (Wildman–Crippen LogP) is 1.05. The van der Waals surface area contributed by atoms with Gasteiger partial charge in [-0.25, -0.2) is 8.42 Å². The molecule has 2 aliphatic rings. The highest BCUT2D eigenvalue weighted by Crippen LogP contribution is 2.37. The summed E-state index contributed by atoms with van der Waals surface area (Å²) < 4.78 is 27.5. The molecule has 3 rings (SSSR count). The van der Waals surface area contributed by atoms with Gasteiger partial charge in [-0.15, -0.1) is 0 Å². The van der Waals surface area contributed by atoms with Gasteiger partial charge in [-0.05, 0) is 36.6 Å². The van der Waals surface area contributed by atoms with Crippen molar-refractivity contribution in [1.29, 1.82) is 0 Å². The van der Waals surface area contributed by atoms with E-state index in [0.717, 1.165) is 10.9 Å². The quantitative estimate of drug-likeness (QED) is 0.736. The Labute approximate surface area is 161 Å². The standard InChI is InChI=1S/C17H22BrN3O4S/c1-12-10-15(12)17(23)19-11-16(22)20-6-8-21(9-7-20)26(24,25)14-4-2-13(18)3-5-14/h2-5,12,15H,6-11H2,1H3,(H,19,23)/t12-,15-/m0/s1. The summed E-state index contributed by atoms with van der Waals surface area (Å²) in [6.07, 6.45) is 0.882. The second kappa shape index (κ2) is 7.66. The maximum absolute atomic E-state index is 12.7. The Morgan fingerprint density at radius 2 is 1.73 bits per heavy atom. The third-order valence-electron chi connectivity index (χ3n) is 4.90. The van der Waals surface area contributed by atoms with Crippen LogP contribution in [0.25, 0.3) is 0 Å². The molecule has 2 atom stereocenters. The number of carbonyl (C=O) groups excluding carboxylic acids is 2. The zero-order valence-corrected chi connectivity index (χ0v) is 16.9. The Morgan fingerprint density at radius 3 is 2.27 bits per heavy atom. The number of amides is 2. The van der Waals surface area contributed by atoms with E-state index in [2.05, 4.69) is 21.2 Å². The second-order valence-corrected chi connectivity index (χ2v) is 9.63. The number of nitrogens with zero attached hydrogens (tertiary/aromatic N) is 2. The van der Waals surface area contributed by atoms with E-state index in [9.17, 15) is 18.0 Å². The van der Waals surface area contributed by atoms with Crippen LogP contribution in [0.15, 0.2) is 33.6 Å². The fourth-order valence-corrected chi connectivity index (χ4v) is 4.71. The summed E-state index contributed by atoms with van der Waals surface area (Å²) in [6.45, 7) is 3.13. The van der Waals surface area contributed by atoms with Crippen LogP contribution < -0.4 is 5.32 Å². The lowest BCUT2D eigenvalue weighted by Crippen LogP contribution is -2.52. The van der Waals surface area contributed by atoms with Crippen molar-refractivity contribution in [2.24, 2.45) is 11.8 Å². The van der Waals surface area contributed by atoms with Gasteiger partial charge in [0.1, 0.15) is 0 Å². The molecule has 0 aromatic heterocycles. The Morgan fingerprint density at radius 1 is 1.15 bits per heavy atom. The van der Waals surface area contributed by atoms with E-state index in [1.54, 1.807) is 29.2 Å². The molecule has 1 aliphatic carbocycles. The number of halogens is 1. The van der Waals surface area contributed by atoms with Gasteiger partial charge < -0.3 is 10.2 Å². The van der Waals surface area contributed by atoms with Crippen LogP contribution in [0.3, 0.4) is 0 Å². The van der Waals surface area contributed by atoms with Gasteiger partial charge in [-0.2, -0.15) is 4.31 Å². The average Bonchev–Trinajstić information content (AvgIpc) is 3.36. The lowest BCUT2D eigenvalue weighted by atomic mass is 10.3. The van der Waals surface area contributed by atoms with Crippen molar-refractivity contribution in [2.45, 2.75) is 18.2 Å². The molecule has 1 aromatic rings. The molecule has 1 saturated carbocycles. The van der Waals surface area contributed by atoms with Gasteiger partial charge >= 0.3 is 0 Å². The Hall–Kier alpha value is -1.45. The number of benzene rings is 1. The van der Waals surface area contributed by atoms with E-state index in [-0.39, 0.29) is 42.3 Å². The van der Waals surface area contributed by atoms with Crippen molar-refractivity contribution >= 4 is 37.8 Å². The minimum Gasteiger partial charge on any atom is -0.347 e. The van der Waals surface area contributed by atoms with Gasteiger partial charge in [0.25, 0.3) is 0 Å². The number of rotatable bonds is 5. The molecule has 1 heterocycles. The van der Waals surface area contributed by atoms with E-state index in [0.29, 0.717) is 19.0 Å². The van der Waals surface area contributed by atoms with E-state index in [1.807, 2.05) is 6.92 Å². The minimum absolute atomic E-state index is 0.0263. The number of carbonyl (C=O) groups is 2. The zero-order chi connectivity index (χ0) is 18.9. The summed E-state index contributed by atoms with van der Waals surface area (Å²) >= 11 is 3.29. The maximum atomic E-state index is 12.7. The summed E-state index contributed by atoms with van der Waals surface area (Å²) in [4.78, 5) is 25.9. The van der Waals surface area contributed by atoms with Crippen LogP contribution in [0, 0.1) is 11.8 Å². The zero-order valence-electron chi connectivity index (χ0n) is 14.5. The van der Waals surface area contributed by atoms with Gasteiger partial charge in [-0.3, -0.25) is 9.59 Å². The highest BCUT2D eigenvalue weighted by Gasteiger charge is 2.39. The number of hydrogen-bond acceptors (Lipinski definition) is 4. The minimum atomic E-state index is -3.56. The van der Waals surface area contributed by atoms with E-state index in [4.69, 9.17) is 0 Å². The molecule has 1 N–H and O–H groups in total. The number of nitrogens with one attached hydrogen (secondary N) is 1. The molecule has 1 saturated heterocycles. The van der Waals surface area contributed by atoms with Crippen molar-refractivity contribution in [3.63, 3.8) is 0 Å². The predicted molar refractivity (Wildman–Crippen MR) is 99.8 cm³/mol. The normalized spacial score (nSPS) is 23.5. The summed E-state index contributed by atoms with van der Waals surface area (Å²) in [6, 6.07) is 6.50. The van der Waals surface area contributed by atoms with Crippen LogP contribution in [0.2, 0.25) is 0 Å². The Balaban J connectivity index is 1.51. The molecule has 0 unspecified atom stereocenters. The van der Waals surface area contributed by atoms with Gasteiger partial charge in [0, 0.05) is 36.6 Å². The molecule has 0 radical (unpaired) electrons. The molecule has 0 bridgehead atoms. The molecular formula is C17H22BrN3O4S. The summed E-state index contributed by atoms with van der Waals surface area (Å²) in [7, 11) is -3.56. The highest BCUT2D eigenvalue weighted by molar-refractivity contribution is 9.10. The van der Waals surface area contributed by atoms with Crippen LogP contribution in [0.4, 0.5) is 0 Å². The number of hydrogen-bond donors (Lipinski definition) is 1. The third kappa shape index (κ3) is 4.27. The first-order valence-electron chi connectivity index (χ1n) is 8.60. The summed E-state index contributed by atoms with van der Waals surface area (Å²) in [5, 5.41) is 2.68. The fraction of sp³-hybridized carbons (Fsp3) is 0.529. The number of sulfonamides is 1. The van der Waals surface area contributed by atoms with Gasteiger partial charge in [0.15, 0.2) is 0 Å². The van der Waals surface area contributed by atoms with Crippen LogP contribution in [-0.4, -0.2) is 62.2 Å². The van der Waals surface area contributed by atoms with Crippen molar-refractivity contribution in [2.75, 3.05) is 32.7 Å². The smallest absolute Gasteiger partial charge is 0.243 e. The third-order valence-corrected chi connectivity index (χ3v) is 7.34. The number of piperazine rings is 1. The van der Waals surface area contributed by atoms with Crippen LogP contribution >= 0.6 is 15.9 Å². The Bertz CT molecular complexity index is 789. The van der Waals surface area contributed by atoms with Crippen LogP contribution in [0.5, 0.6) is 0 Å². The first-order valence-corrected chi connectivity index (χ1v) is 10.8. The SMILES string of the molecule is C[C@H]1C[C@@H]1C(=O)NCC(=O)N1CCN(S(=O)(=O)c2ccc(Br)cc2)CC1. The van der Waals surface area contributed by atoms with E-state index < -0.39 is 10.0 Å². The maximum Gasteiger partial charge on any atom is 0.243 e. The molecule has 142 valence electrons. The topological polar surface area (TPSA) is 86.8 Å². The lowest BCUT2D eigenvalue weighted by molar-refractivity contribution is -0.134. The first-order chi connectivity index (χ1) is 12.3. The molecule has 7 nitrogen and oxygen atoms in total. The lowest BCUT2D eigenvalue weighted by Gasteiger charge is -2.34. The molecule has 2 amide bonds. The molecule has 1 aromatic carbocycles. The average molecular weight is 444 g/mol. The van der Waals surface area contributed by atoms with Crippen LogP contribution in [0.1, 0.15) is 13.3 Å². The molecule has 0 spiro atoms. The molecular weight excluding hydrogens is 422 g/mol. The molecule has 2 fully saturated rings. The monoisotopic (exact) mass is 443 g/mol. The van der Waals surface area contributed by atoms with Crippen molar-refractivity contribution < 1.29 is 18.0 Å². The molecule has 1 aliphatic heterocycles.